The quantitative estimate of drug-likeness (QED) is 0.923. The Morgan fingerprint density at radius 3 is 3.19 bits per heavy atom. The van der Waals surface area contributed by atoms with Crippen LogP contribution < -0.4 is 5.32 Å². The first kappa shape index (κ1) is 12.9. The summed E-state index contributed by atoms with van der Waals surface area (Å²) in [4.78, 5) is 16.1. The number of hydrogen-bond donors (Lipinski definition) is 1. The second kappa shape index (κ2) is 5.19. The van der Waals surface area contributed by atoms with Gasteiger partial charge in [-0.25, -0.2) is 0 Å². The van der Waals surface area contributed by atoms with E-state index in [4.69, 9.17) is 0 Å². The van der Waals surface area contributed by atoms with Crippen molar-refractivity contribution in [3.63, 3.8) is 0 Å². The molecule has 2 aromatic rings. The minimum Gasteiger partial charge on any atom is -0.384 e. The molecule has 0 bridgehead atoms. The Bertz CT molecular complexity index is 679. The van der Waals surface area contributed by atoms with Gasteiger partial charge in [0.05, 0.1) is 0 Å². The van der Waals surface area contributed by atoms with Crippen molar-refractivity contribution in [2.24, 2.45) is 0 Å². The van der Waals surface area contributed by atoms with E-state index in [2.05, 4.69) is 35.0 Å². The molecular weight excluding hydrogens is 280 g/mol. The monoisotopic (exact) mass is 298 g/mol. The first-order valence-electron chi connectivity index (χ1n) is 7.47. The lowest BCUT2D eigenvalue weighted by molar-refractivity contribution is -0.132. The zero-order chi connectivity index (χ0) is 14.2. The third-order valence-corrected chi connectivity index (χ3v) is 5.54. The fourth-order valence-electron chi connectivity index (χ4n) is 3.34. The number of amides is 1. The molecule has 2 aliphatic rings. The number of hydrogen-bond acceptors (Lipinski definition) is 3. The van der Waals surface area contributed by atoms with E-state index in [0.29, 0.717) is 12.3 Å². The van der Waals surface area contributed by atoms with Crippen molar-refractivity contribution in [1.82, 2.24) is 4.90 Å². The maximum absolute atomic E-state index is 12.6. The third kappa shape index (κ3) is 2.33. The number of para-hydroxylation sites is 1. The van der Waals surface area contributed by atoms with Gasteiger partial charge < -0.3 is 10.2 Å². The molecule has 0 spiro atoms. The summed E-state index contributed by atoms with van der Waals surface area (Å²) in [6, 6.07) is 10.5. The number of nitrogens with one attached hydrogen (secondary N) is 1. The standard InChI is InChI=1S/C17H18N2OS/c20-17(19-7-5-16-12(11-19)6-8-21-16)9-13-10-18-15-4-2-1-3-14(13)15/h1-4,6,8,13,18H,5,7,9-11H2. The highest BCUT2D eigenvalue weighted by molar-refractivity contribution is 7.10. The summed E-state index contributed by atoms with van der Waals surface area (Å²) in [7, 11) is 0. The van der Waals surface area contributed by atoms with Gasteiger partial charge in [-0.1, -0.05) is 18.2 Å². The summed E-state index contributed by atoms with van der Waals surface area (Å²) in [5.74, 6) is 0.605. The molecule has 0 saturated heterocycles. The van der Waals surface area contributed by atoms with Crippen LogP contribution in [0.4, 0.5) is 5.69 Å². The van der Waals surface area contributed by atoms with Gasteiger partial charge in [0, 0.05) is 42.5 Å². The molecule has 2 aliphatic heterocycles. The second-order valence-corrected chi connectivity index (χ2v) is 6.80. The number of carbonyl (C=O) groups excluding carboxylic acids is 1. The van der Waals surface area contributed by atoms with Crippen LogP contribution in [0.3, 0.4) is 0 Å². The number of fused-ring (bicyclic) bond motifs is 2. The highest BCUT2D eigenvalue weighted by atomic mass is 32.1. The Morgan fingerprint density at radius 2 is 2.24 bits per heavy atom. The summed E-state index contributed by atoms with van der Waals surface area (Å²) >= 11 is 1.81. The molecule has 0 fully saturated rings. The van der Waals surface area contributed by atoms with Crippen molar-refractivity contribution in [3.8, 4) is 0 Å². The molecule has 1 N–H and O–H groups in total. The van der Waals surface area contributed by atoms with Gasteiger partial charge in [0.2, 0.25) is 5.91 Å². The predicted molar refractivity (Wildman–Crippen MR) is 85.7 cm³/mol. The Labute approximate surface area is 128 Å². The van der Waals surface area contributed by atoms with Crippen molar-refractivity contribution in [1.29, 1.82) is 0 Å². The average molecular weight is 298 g/mol. The number of nitrogens with zero attached hydrogens (tertiary/aromatic N) is 1. The molecule has 4 rings (SSSR count). The van der Waals surface area contributed by atoms with Gasteiger partial charge in [-0.05, 0) is 35.1 Å². The molecule has 0 saturated carbocycles. The number of anilines is 1. The fraction of sp³-hybridized carbons (Fsp3) is 0.353. The number of carbonyl (C=O) groups is 1. The maximum Gasteiger partial charge on any atom is 0.223 e. The molecule has 1 atom stereocenters. The summed E-state index contributed by atoms with van der Waals surface area (Å²) in [6.07, 6.45) is 1.63. The first-order chi connectivity index (χ1) is 10.3. The molecule has 21 heavy (non-hydrogen) atoms. The minimum atomic E-state index is 0.287. The van der Waals surface area contributed by atoms with Crippen LogP contribution in [0.25, 0.3) is 0 Å². The molecule has 1 amide bonds. The third-order valence-electron chi connectivity index (χ3n) is 4.52. The van der Waals surface area contributed by atoms with Crippen LogP contribution in [-0.4, -0.2) is 23.9 Å². The average Bonchev–Trinajstić information content (AvgIpc) is 3.13. The number of rotatable bonds is 2. The van der Waals surface area contributed by atoms with Crippen molar-refractivity contribution >= 4 is 22.9 Å². The Hall–Kier alpha value is -1.81. The molecule has 4 heteroatoms. The van der Waals surface area contributed by atoms with Gasteiger partial charge in [0.1, 0.15) is 0 Å². The summed E-state index contributed by atoms with van der Waals surface area (Å²) in [5.41, 5.74) is 3.82. The van der Waals surface area contributed by atoms with Crippen LogP contribution in [0.2, 0.25) is 0 Å². The lowest BCUT2D eigenvalue weighted by atomic mass is 9.97. The molecule has 1 aromatic heterocycles. The summed E-state index contributed by atoms with van der Waals surface area (Å²) in [6.45, 7) is 2.54. The van der Waals surface area contributed by atoms with Crippen molar-refractivity contribution in [2.75, 3.05) is 18.4 Å². The second-order valence-electron chi connectivity index (χ2n) is 5.80. The van der Waals surface area contributed by atoms with Crippen LogP contribution in [0.5, 0.6) is 0 Å². The van der Waals surface area contributed by atoms with E-state index in [9.17, 15) is 4.79 Å². The summed E-state index contributed by atoms with van der Waals surface area (Å²) in [5, 5.41) is 5.54. The Kier molecular flexibility index (Phi) is 3.19. The lowest BCUT2D eigenvalue weighted by Gasteiger charge is -2.28. The van der Waals surface area contributed by atoms with Gasteiger partial charge >= 0.3 is 0 Å². The van der Waals surface area contributed by atoms with E-state index in [1.165, 1.54) is 21.7 Å². The van der Waals surface area contributed by atoms with Gasteiger partial charge in [0.15, 0.2) is 0 Å². The van der Waals surface area contributed by atoms with Gasteiger partial charge in [-0.3, -0.25) is 4.79 Å². The van der Waals surface area contributed by atoms with Crippen LogP contribution in [0, 0.1) is 0 Å². The van der Waals surface area contributed by atoms with Crippen LogP contribution >= 0.6 is 11.3 Å². The highest BCUT2D eigenvalue weighted by Gasteiger charge is 2.28. The molecule has 108 valence electrons. The molecule has 1 aromatic carbocycles. The molecule has 0 aliphatic carbocycles. The molecule has 1 unspecified atom stereocenters. The first-order valence-corrected chi connectivity index (χ1v) is 8.35. The molecule has 3 heterocycles. The van der Waals surface area contributed by atoms with Gasteiger partial charge in [0.25, 0.3) is 0 Å². The zero-order valence-electron chi connectivity index (χ0n) is 11.8. The van der Waals surface area contributed by atoms with Gasteiger partial charge in [-0.15, -0.1) is 11.3 Å². The number of benzene rings is 1. The Morgan fingerprint density at radius 1 is 1.33 bits per heavy atom. The summed E-state index contributed by atoms with van der Waals surface area (Å²) < 4.78 is 0. The number of thiophene rings is 1. The van der Waals surface area contributed by atoms with Crippen molar-refractivity contribution in [3.05, 3.63) is 51.7 Å². The predicted octanol–water partition coefficient (Wildman–Crippen LogP) is 3.23. The Balaban J connectivity index is 1.46. The van der Waals surface area contributed by atoms with E-state index in [0.717, 1.165) is 26.1 Å². The largest absolute Gasteiger partial charge is 0.384 e. The SMILES string of the molecule is O=C(CC1CNc2ccccc21)N1CCc2sccc2C1. The fourth-order valence-corrected chi connectivity index (χ4v) is 4.23. The van der Waals surface area contributed by atoms with E-state index >= 15 is 0 Å². The van der Waals surface area contributed by atoms with Crippen LogP contribution in [0.15, 0.2) is 35.7 Å². The van der Waals surface area contributed by atoms with E-state index in [1.54, 1.807) is 0 Å². The maximum atomic E-state index is 12.6. The van der Waals surface area contributed by atoms with Crippen LogP contribution in [0.1, 0.15) is 28.3 Å². The van der Waals surface area contributed by atoms with Gasteiger partial charge in [-0.2, -0.15) is 0 Å². The van der Waals surface area contributed by atoms with E-state index < -0.39 is 0 Å². The minimum absolute atomic E-state index is 0.287. The van der Waals surface area contributed by atoms with E-state index in [1.807, 2.05) is 22.3 Å². The topological polar surface area (TPSA) is 32.3 Å². The van der Waals surface area contributed by atoms with Crippen LogP contribution in [-0.2, 0) is 17.8 Å². The van der Waals surface area contributed by atoms with Crippen molar-refractivity contribution < 1.29 is 4.79 Å². The zero-order valence-corrected chi connectivity index (χ0v) is 12.7. The molecule has 0 radical (unpaired) electrons. The molecular formula is C17H18N2OS. The molecule has 3 nitrogen and oxygen atoms in total. The lowest BCUT2D eigenvalue weighted by Crippen LogP contribution is -2.36. The smallest absolute Gasteiger partial charge is 0.223 e. The van der Waals surface area contributed by atoms with Crippen molar-refractivity contribution in [2.45, 2.75) is 25.3 Å². The normalized spacial score (nSPS) is 19.8. The van der Waals surface area contributed by atoms with E-state index in [-0.39, 0.29) is 5.91 Å². The highest BCUT2D eigenvalue weighted by Crippen LogP contribution is 2.34.